The number of rotatable bonds is 2. The Morgan fingerprint density at radius 1 is 1.39 bits per heavy atom. The van der Waals surface area contributed by atoms with Crippen LogP contribution in [0.2, 0.25) is 0 Å². The fourth-order valence-electron chi connectivity index (χ4n) is 1.86. The van der Waals surface area contributed by atoms with Gasteiger partial charge in [0, 0.05) is 0 Å². The fraction of sp³-hybridized carbons (Fsp3) is 0.182. The van der Waals surface area contributed by atoms with E-state index in [1.807, 2.05) is 0 Å². The van der Waals surface area contributed by atoms with E-state index in [4.69, 9.17) is 10.3 Å². The lowest BCUT2D eigenvalue weighted by Gasteiger charge is -2.02. The van der Waals surface area contributed by atoms with Gasteiger partial charge < -0.3 is 10.3 Å². The van der Waals surface area contributed by atoms with E-state index >= 15 is 0 Å². The predicted octanol–water partition coefficient (Wildman–Crippen LogP) is 1.50. The molecule has 18 heavy (non-hydrogen) atoms. The normalized spacial score (nSPS) is 11.2. The van der Waals surface area contributed by atoms with Crippen LogP contribution in [0.25, 0.3) is 11.0 Å². The molecule has 0 spiro atoms. The van der Waals surface area contributed by atoms with E-state index < -0.39 is 0 Å². The number of imidazole rings is 1. The molecule has 0 fully saturated rings. The van der Waals surface area contributed by atoms with E-state index in [9.17, 15) is 4.39 Å². The molecule has 0 aliphatic rings. The van der Waals surface area contributed by atoms with Gasteiger partial charge in [-0.25, -0.2) is 9.37 Å². The Balaban J connectivity index is 2.13. The van der Waals surface area contributed by atoms with Crippen LogP contribution in [0.15, 0.2) is 22.7 Å². The molecule has 3 aromatic rings. The molecule has 1 aromatic carbocycles. The molecule has 2 aromatic heterocycles. The smallest absolute Gasteiger partial charge is 0.246 e. The van der Waals surface area contributed by atoms with E-state index in [-0.39, 0.29) is 18.3 Å². The Morgan fingerprint density at radius 3 is 2.94 bits per heavy atom. The van der Waals surface area contributed by atoms with Gasteiger partial charge in [0.15, 0.2) is 5.82 Å². The maximum absolute atomic E-state index is 13.8. The molecule has 0 amide bonds. The van der Waals surface area contributed by atoms with Gasteiger partial charge in [-0.3, -0.25) is 4.57 Å². The van der Waals surface area contributed by atoms with Crippen LogP contribution in [-0.2, 0) is 6.54 Å². The van der Waals surface area contributed by atoms with Crippen LogP contribution >= 0.6 is 0 Å². The van der Waals surface area contributed by atoms with Gasteiger partial charge in [-0.2, -0.15) is 4.98 Å². The van der Waals surface area contributed by atoms with E-state index in [2.05, 4.69) is 15.1 Å². The van der Waals surface area contributed by atoms with Crippen molar-refractivity contribution in [2.45, 2.75) is 13.5 Å². The summed E-state index contributed by atoms with van der Waals surface area (Å²) in [4.78, 5) is 8.15. The number of hydrogen-bond donors (Lipinski definition) is 1. The number of halogens is 1. The summed E-state index contributed by atoms with van der Waals surface area (Å²) in [6.07, 6.45) is 0. The van der Waals surface area contributed by atoms with Gasteiger partial charge in [-0.1, -0.05) is 11.2 Å². The Bertz CT molecular complexity index is 717. The Hall–Kier alpha value is -2.44. The Kier molecular flexibility index (Phi) is 2.26. The summed E-state index contributed by atoms with van der Waals surface area (Å²) in [5, 5.41) is 3.67. The van der Waals surface area contributed by atoms with E-state index in [1.165, 1.54) is 10.6 Å². The van der Waals surface area contributed by atoms with Crippen LogP contribution in [0.4, 0.5) is 10.3 Å². The fourth-order valence-corrected chi connectivity index (χ4v) is 1.86. The Morgan fingerprint density at radius 2 is 2.22 bits per heavy atom. The summed E-state index contributed by atoms with van der Waals surface area (Å²) in [5.41, 5.74) is 6.61. The number of nitrogen functional groups attached to an aromatic ring is 1. The number of anilines is 1. The molecule has 2 heterocycles. The summed E-state index contributed by atoms with van der Waals surface area (Å²) in [6.45, 7) is 1.91. The van der Waals surface area contributed by atoms with Gasteiger partial charge in [-0.15, -0.1) is 0 Å². The zero-order chi connectivity index (χ0) is 12.7. The van der Waals surface area contributed by atoms with Crippen molar-refractivity contribution in [1.29, 1.82) is 0 Å². The molecule has 92 valence electrons. The molecule has 0 unspecified atom stereocenters. The first kappa shape index (κ1) is 10.7. The van der Waals surface area contributed by atoms with Crippen LogP contribution in [0.5, 0.6) is 0 Å². The molecule has 0 saturated heterocycles. The first-order valence-electron chi connectivity index (χ1n) is 5.34. The molecule has 0 aliphatic heterocycles. The van der Waals surface area contributed by atoms with Gasteiger partial charge in [0.2, 0.25) is 11.8 Å². The van der Waals surface area contributed by atoms with Crippen molar-refractivity contribution in [3.8, 4) is 0 Å². The second kappa shape index (κ2) is 3.80. The average Bonchev–Trinajstić information content (AvgIpc) is 2.85. The maximum Gasteiger partial charge on any atom is 0.246 e. The van der Waals surface area contributed by atoms with E-state index in [0.29, 0.717) is 22.7 Å². The number of aromatic nitrogens is 4. The van der Waals surface area contributed by atoms with Gasteiger partial charge >= 0.3 is 0 Å². The largest absolute Gasteiger partial charge is 0.369 e. The summed E-state index contributed by atoms with van der Waals surface area (Å²) >= 11 is 0. The highest BCUT2D eigenvalue weighted by atomic mass is 19.1. The SMILES string of the molecule is Cc1noc(Cn2c(N)nc3cccc(F)c32)n1. The first-order chi connectivity index (χ1) is 8.65. The minimum Gasteiger partial charge on any atom is -0.369 e. The van der Waals surface area contributed by atoms with Crippen LogP contribution in [0.3, 0.4) is 0 Å². The van der Waals surface area contributed by atoms with E-state index in [1.54, 1.807) is 19.1 Å². The summed E-state index contributed by atoms with van der Waals surface area (Å²) in [7, 11) is 0. The quantitative estimate of drug-likeness (QED) is 0.741. The second-order valence-electron chi connectivity index (χ2n) is 3.90. The van der Waals surface area contributed by atoms with Crippen molar-refractivity contribution in [3.05, 3.63) is 35.7 Å². The highest BCUT2D eigenvalue weighted by Crippen LogP contribution is 2.21. The molecule has 0 aliphatic carbocycles. The molecular formula is C11H10FN5O. The minimum atomic E-state index is -0.382. The van der Waals surface area contributed by atoms with Crippen LogP contribution in [0, 0.1) is 12.7 Å². The van der Waals surface area contributed by atoms with Crippen LogP contribution in [0.1, 0.15) is 11.7 Å². The van der Waals surface area contributed by atoms with Crippen LogP contribution in [-0.4, -0.2) is 19.7 Å². The highest BCUT2D eigenvalue weighted by Gasteiger charge is 2.14. The second-order valence-corrected chi connectivity index (χ2v) is 3.90. The van der Waals surface area contributed by atoms with Crippen molar-refractivity contribution in [3.63, 3.8) is 0 Å². The van der Waals surface area contributed by atoms with Gasteiger partial charge in [0.25, 0.3) is 0 Å². The number of hydrogen-bond acceptors (Lipinski definition) is 5. The molecule has 0 radical (unpaired) electrons. The third kappa shape index (κ3) is 1.60. The minimum absolute atomic E-state index is 0.199. The predicted molar refractivity (Wildman–Crippen MR) is 62.2 cm³/mol. The lowest BCUT2D eigenvalue weighted by molar-refractivity contribution is 0.369. The zero-order valence-electron chi connectivity index (χ0n) is 9.59. The number of fused-ring (bicyclic) bond motifs is 1. The summed E-state index contributed by atoms with van der Waals surface area (Å²) in [6, 6.07) is 4.65. The zero-order valence-corrected chi connectivity index (χ0v) is 9.59. The molecule has 6 nitrogen and oxygen atoms in total. The molecule has 0 bridgehead atoms. The average molecular weight is 247 g/mol. The monoisotopic (exact) mass is 247 g/mol. The number of aryl methyl sites for hydroxylation is 1. The molecular weight excluding hydrogens is 237 g/mol. The molecule has 7 heteroatoms. The van der Waals surface area contributed by atoms with Crippen molar-refractivity contribution < 1.29 is 8.91 Å². The number of benzene rings is 1. The van der Waals surface area contributed by atoms with Gasteiger partial charge in [0.1, 0.15) is 17.9 Å². The van der Waals surface area contributed by atoms with Crippen LogP contribution < -0.4 is 5.73 Å². The number of para-hydroxylation sites is 1. The first-order valence-corrected chi connectivity index (χ1v) is 5.34. The number of nitrogens with two attached hydrogens (primary N) is 1. The van der Waals surface area contributed by atoms with Gasteiger partial charge in [0.05, 0.1) is 5.52 Å². The van der Waals surface area contributed by atoms with Crippen molar-refractivity contribution in [2.24, 2.45) is 0 Å². The summed E-state index contributed by atoms with van der Waals surface area (Å²) < 4.78 is 20.3. The topological polar surface area (TPSA) is 82.8 Å². The number of nitrogens with zero attached hydrogens (tertiary/aromatic N) is 4. The van der Waals surface area contributed by atoms with Crippen molar-refractivity contribution >= 4 is 17.0 Å². The third-order valence-corrected chi connectivity index (χ3v) is 2.61. The van der Waals surface area contributed by atoms with E-state index in [0.717, 1.165) is 0 Å². The lowest BCUT2D eigenvalue weighted by Crippen LogP contribution is -2.05. The molecule has 0 atom stereocenters. The molecule has 0 saturated carbocycles. The lowest BCUT2D eigenvalue weighted by atomic mass is 10.3. The van der Waals surface area contributed by atoms with Crippen molar-refractivity contribution in [2.75, 3.05) is 5.73 Å². The van der Waals surface area contributed by atoms with Crippen molar-refractivity contribution in [1.82, 2.24) is 19.7 Å². The summed E-state index contributed by atoms with van der Waals surface area (Å²) in [5.74, 6) is 0.717. The Labute approximate surface area is 101 Å². The highest BCUT2D eigenvalue weighted by molar-refractivity contribution is 5.78. The van der Waals surface area contributed by atoms with Gasteiger partial charge in [-0.05, 0) is 19.1 Å². The third-order valence-electron chi connectivity index (χ3n) is 2.61. The molecule has 2 N–H and O–H groups in total. The molecule has 3 rings (SSSR count). The maximum atomic E-state index is 13.8. The standard InChI is InChI=1S/C11H10FN5O/c1-6-14-9(18-16-6)5-17-10-7(12)3-2-4-8(10)15-11(17)13/h2-4H,5H2,1H3,(H2,13,15).